The largest absolute Gasteiger partial charge is 0.494 e. The second-order valence-corrected chi connectivity index (χ2v) is 7.44. The zero-order chi connectivity index (χ0) is 23.5. The topological polar surface area (TPSA) is 72.8 Å². The standard InChI is InChI=1S/C28H26O5/c1-32-26(28(30)31)20-22-13-11-21(12-14-22)8-4-3-7-19-33-25-17-15-24(16-18-25)27(29)23-9-5-2-6-10-23/h2,5-6,9-18,26H,3,7,19-20H2,1H3,(H,30,31)/t26-/m0/s1. The maximum absolute atomic E-state index is 12.4. The number of carboxylic acids is 1. The monoisotopic (exact) mass is 442 g/mol. The molecule has 3 aromatic rings. The summed E-state index contributed by atoms with van der Waals surface area (Å²) in [7, 11) is 1.39. The Morgan fingerprint density at radius 3 is 2.21 bits per heavy atom. The lowest BCUT2D eigenvalue weighted by Crippen LogP contribution is -2.24. The minimum absolute atomic E-state index is 0.00847. The number of hydrogen-bond acceptors (Lipinski definition) is 4. The molecular formula is C28H26O5. The fourth-order valence-electron chi connectivity index (χ4n) is 3.18. The fourth-order valence-corrected chi connectivity index (χ4v) is 3.18. The average Bonchev–Trinajstić information content (AvgIpc) is 2.85. The van der Waals surface area contributed by atoms with E-state index >= 15 is 0 Å². The number of benzene rings is 3. The summed E-state index contributed by atoms with van der Waals surface area (Å²) < 4.78 is 10.7. The molecule has 0 aromatic heterocycles. The van der Waals surface area contributed by atoms with Crippen LogP contribution >= 0.6 is 0 Å². The van der Waals surface area contributed by atoms with Gasteiger partial charge in [0, 0.05) is 36.6 Å². The van der Waals surface area contributed by atoms with Crippen LogP contribution in [0, 0.1) is 11.8 Å². The van der Waals surface area contributed by atoms with Gasteiger partial charge in [-0.05, 0) is 48.4 Å². The number of carboxylic acid groups (broad SMARTS) is 1. The first-order valence-electron chi connectivity index (χ1n) is 10.7. The molecule has 1 atom stereocenters. The second kappa shape index (κ2) is 12.2. The Labute approximate surface area is 194 Å². The van der Waals surface area contributed by atoms with E-state index in [0.29, 0.717) is 30.6 Å². The zero-order valence-corrected chi connectivity index (χ0v) is 18.5. The highest BCUT2D eigenvalue weighted by molar-refractivity contribution is 6.08. The molecule has 0 heterocycles. The number of rotatable bonds is 10. The van der Waals surface area contributed by atoms with E-state index in [1.54, 1.807) is 24.3 Å². The lowest BCUT2D eigenvalue weighted by atomic mass is 10.0. The van der Waals surface area contributed by atoms with Gasteiger partial charge < -0.3 is 14.6 Å². The van der Waals surface area contributed by atoms with Gasteiger partial charge in [0.05, 0.1) is 6.61 Å². The van der Waals surface area contributed by atoms with Gasteiger partial charge in [-0.3, -0.25) is 4.79 Å². The molecule has 0 aliphatic carbocycles. The van der Waals surface area contributed by atoms with E-state index < -0.39 is 12.1 Å². The number of hydrogen-bond donors (Lipinski definition) is 1. The van der Waals surface area contributed by atoms with Crippen molar-refractivity contribution < 1.29 is 24.2 Å². The van der Waals surface area contributed by atoms with Crippen LogP contribution in [0.15, 0.2) is 78.9 Å². The van der Waals surface area contributed by atoms with E-state index in [4.69, 9.17) is 14.6 Å². The maximum Gasteiger partial charge on any atom is 0.333 e. The number of carbonyl (C=O) groups is 2. The first-order valence-corrected chi connectivity index (χ1v) is 10.7. The molecule has 0 radical (unpaired) electrons. The number of carbonyl (C=O) groups excluding carboxylic acids is 1. The highest BCUT2D eigenvalue weighted by atomic mass is 16.5. The van der Waals surface area contributed by atoms with Gasteiger partial charge in [0.25, 0.3) is 0 Å². The lowest BCUT2D eigenvalue weighted by molar-refractivity contribution is -0.148. The zero-order valence-electron chi connectivity index (χ0n) is 18.5. The smallest absolute Gasteiger partial charge is 0.333 e. The molecule has 3 rings (SSSR count). The molecule has 0 aliphatic heterocycles. The Balaban J connectivity index is 1.40. The Morgan fingerprint density at radius 2 is 1.58 bits per heavy atom. The highest BCUT2D eigenvalue weighted by Gasteiger charge is 2.16. The van der Waals surface area contributed by atoms with Crippen LogP contribution < -0.4 is 4.74 Å². The number of ether oxygens (including phenoxy) is 2. The Bertz CT molecular complexity index is 1110. The molecule has 5 heteroatoms. The fraction of sp³-hybridized carbons (Fsp3) is 0.214. The number of ketones is 1. The summed E-state index contributed by atoms with van der Waals surface area (Å²) in [6.07, 6.45) is 0.946. The van der Waals surface area contributed by atoms with Gasteiger partial charge in [0.1, 0.15) is 5.75 Å². The highest BCUT2D eigenvalue weighted by Crippen LogP contribution is 2.16. The summed E-state index contributed by atoms with van der Waals surface area (Å²) in [5.74, 6) is 5.97. The molecule has 33 heavy (non-hydrogen) atoms. The molecule has 0 amide bonds. The number of methoxy groups -OCH3 is 1. The minimum Gasteiger partial charge on any atom is -0.494 e. The summed E-state index contributed by atoms with van der Waals surface area (Å²) in [5.41, 5.74) is 3.06. The molecule has 0 unspecified atom stereocenters. The number of aliphatic carboxylic acids is 1. The van der Waals surface area contributed by atoms with Crippen LogP contribution in [-0.2, 0) is 16.0 Å². The Kier molecular flexibility index (Phi) is 8.81. The van der Waals surface area contributed by atoms with Crippen LogP contribution in [0.5, 0.6) is 5.75 Å². The van der Waals surface area contributed by atoms with Gasteiger partial charge in [-0.2, -0.15) is 0 Å². The van der Waals surface area contributed by atoms with Crippen LogP contribution in [0.4, 0.5) is 0 Å². The number of unbranched alkanes of at least 4 members (excludes halogenated alkanes) is 1. The summed E-state index contributed by atoms with van der Waals surface area (Å²) in [6.45, 7) is 0.535. The average molecular weight is 443 g/mol. The third-order valence-corrected chi connectivity index (χ3v) is 5.04. The van der Waals surface area contributed by atoms with Crippen molar-refractivity contribution in [3.05, 3.63) is 101 Å². The Morgan fingerprint density at radius 1 is 0.909 bits per heavy atom. The third kappa shape index (κ3) is 7.34. The molecule has 0 saturated carbocycles. The van der Waals surface area contributed by atoms with Crippen molar-refractivity contribution >= 4 is 11.8 Å². The quantitative estimate of drug-likeness (QED) is 0.278. The first kappa shape index (κ1) is 23.8. The summed E-state index contributed by atoms with van der Waals surface area (Å²) in [4.78, 5) is 23.5. The van der Waals surface area contributed by atoms with Gasteiger partial charge in [0.2, 0.25) is 0 Å². The van der Waals surface area contributed by atoms with Crippen molar-refractivity contribution in [1.29, 1.82) is 0 Å². The van der Waals surface area contributed by atoms with Crippen molar-refractivity contribution in [2.75, 3.05) is 13.7 Å². The normalized spacial score (nSPS) is 11.2. The molecule has 0 aliphatic rings. The van der Waals surface area contributed by atoms with Gasteiger partial charge >= 0.3 is 5.97 Å². The van der Waals surface area contributed by atoms with Crippen LogP contribution in [0.2, 0.25) is 0 Å². The van der Waals surface area contributed by atoms with Crippen LogP contribution in [0.1, 0.15) is 39.9 Å². The van der Waals surface area contributed by atoms with Crippen molar-refractivity contribution in [2.45, 2.75) is 25.4 Å². The third-order valence-electron chi connectivity index (χ3n) is 5.04. The molecule has 0 bridgehead atoms. The second-order valence-electron chi connectivity index (χ2n) is 7.44. The Hall–Kier alpha value is -3.88. The van der Waals surface area contributed by atoms with Crippen molar-refractivity contribution in [3.63, 3.8) is 0 Å². The lowest BCUT2D eigenvalue weighted by Gasteiger charge is -2.10. The maximum atomic E-state index is 12.4. The predicted molar refractivity (Wildman–Crippen MR) is 127 cm³/mol. The van der Waals surface area contributed by atoms with Crippen molar-refractivity contribution in [1.82, 2.24) is 0 Å². The predicted octanol–water partition coefficient (Wildman–Crippen LogP) is 4.77. The van der Waals surface area contributed by atoms with Gasteiger partial charge in [0.15, 0.2) is 11.9 Å². The van der Waals surface area contributed by atoms with E-state index in [9.17, 15) is 9.59 Å². The van der Waals surface area contributed by atoms with Gasteiger partial charge in [-0.1, -0.05) is 54.3 Å². The molecule has 3 aromatic carbocycles. The van der Waals surface area contributed by atoms with E-state index in [-0.39, 0.29) is 5.78 Å². The molecular weight excluding hydrogens is 416 g/mol. The molecule has 1 N–H and O–H groups in total. The summed E-state index contributed by atoms with van der Waals surface area (Å²) in [5, 5.41) is 9.05. The first-order chi connectivity index (χ1) is 16.1. The molecule has 0 fully saturated rings. The van der Waals surface area contributed by atoms with Gasteiger partial charge in [-0.15, -0.1) is 0 Å². The molecule has 168 valence electrons. The van der Waals surface area contributed by atoms with Crippen LogP contribution in [0.25, 0.3) is 0 Å². The van der Waals surface area contributed by atoms with E-state index in [0.717, 1.165) is 23.3 Å². The van der Waals surface area contributed by atoms with E-state index in [1.807, 2.05) is 54.6 Å². The minimum atomic E-state index is -0.972. The van der Waals surface area contributed by atoms with Crippen molar-refractivity contribution in [3.8, 4) is 17.6 Å². The molecule has 0 saturated heterocycles. The summed E-state index contributed by atoms with van der Waals surface area (Å²) >= 11 is 0. The van der Waals surface area contributed by atoms with Gasteiger partial charge in [-0.25, -0.2) is 4.79 Å². The van der Waals surface area contributed by atoms with Crippen LogP contribution in [0.3, 0.4) is 0 Å². The SMILES string of the molecule is CO[C@@H](Cc1ccc(C#CCCCOc2ccc(C(=O)c3ccccc3)cc2)cc1)C(=O)O. The van der Waals surface area contributed by atoms with E-state index in [1.165, 1.54) is 7.11 Å². The van der Waals surface area contributed by atoms with Crippen LogP contribution in [-0.4, -0.2) is 36.7 Å². The summed E-state index contributed by atoms with van der Waals surface area (Å²) in [6, 6.07) is 23.9. The van der Waals surface area contributed by atoms with Crippen molar-refractivity contribution in [2.24, 2.45) is 0 Å². The molecule has 5 nitrogen and oxygen atoms in total. The van der Waals surface area contributed by atoms with E-state index in [2.05, 4.69) is 11.8 Å². The molecule has 0 spiro atoms.